The number of ether oxygens (including phenoxy) is 2. The summed E-state index contributed by atoms with van der Waals surface area (Å²) in [5, 5.41) is 12.5. The van der Waals surface area contributed by atoms with Crippen LogP contribution < -0.4 is 0 Å². The van der Waals surface area contributed by atoms with Crippen molar-refractivity contribution in [2.24, 2.45) is 40.4 Å². The zero-order valence-electron chi connectivity index (χ0n) is 25.8. The van der Waals surface area contributed by atoms with Crippen molar-refractivity contribution in [3.05, 3.63) is 66.2 Å². The van der Waals surface area contributed by atoms with E-state index in [2.05, 4.69) is 32.9 Å². The Hall–Kier alpha value is -1.53. The summed E-state index contributed by atoms with van der Waals surface area (Å²) >= 11 is 0. The summed E-state index contributed by atoms with van der Waals surface area (Å²) in [4.78, 5) is 0.797. The molecule has 0 radical (unpaired) electrons. The van der Waals surface area contributed by atoms with Crippen molar-refractivity contribution in [3.8, 4) is 0 Å². The normalized spacial score (nSPS) is 42.0. The third kappa shape index (κ3) is 4.43. The minimum absolute atomic E-state index is 0.0753. The van der Waals surface area contributed by atoms with Gasteiger partial charge in [-0.25, -0.2) is 0 Å². The fraction of sp³-hybridized carbons (Fsp3) is 0.676. The summed E-state index contributed by atoms with van der Waals surface area (Å²) in [7, 11) is -1.33. The van der Waals surface area contributed by atoms with Gasteiger partial charge in [-0.15, -0.1) is 0 Å². The maximum absolute atomic E-state index is 14.2. The van der Waals surface area contributed by atoms with Crippen LogP contribution in [0.5, 0.6) is 0 Å². The first-order valence-electron chi connectivity index (χ1n) is 16.7. The van der Waals surface area contributed by atoms with Gasteiger partial charge in [-0.1, -0.05) is 75.7 Å². The average Bonchev–Trinajstić information content (AvgIpc) is 3.62. The van der Waals surface area contributed by atoms with Crippen molar-refractivity contribution >= 4 is 10.8 Å². The highest BCUT2D eigenvalue weighted by Crippen LogP contribution is 2.70. The zero-order valence-corrected chi connectivity index (χ0v) is 26.6. The summed E-state index contributed by atoms with van der Waals surface area (Å²) in [6.07, 6.45) is 10.9. The highest BCUT2D eigenvalue weighted by molar-refractivity contribution is 7.85. The van der Waals surface area contributed by atoms with Crippen molar-refractivity contribution in [1.82, 2.24) is 0 Å². The van der Waals surface area contributed by atoms with Gasteiger partial charge in [-0.2, -0.15) is 0 Å². The van der Waals surface area contributed by atoms with Crippen molar-refractivity contribution in [2.45, 2.75) is 107 Å². The summed E-state index contributed by atoms with van der Waals surface area (Å²) in [6, 6.07) is 19.9. The molecule has 1 heterocycles. The second-order valence-electron chi connectivity index (χ2n) is 15.0. The summed E-state index contributed by atoms with van der Waals surface area (Å²) in [6.45, 7) is 8.55. The molecule has 7 rings (SSSR count). The second kappa shape index (κ2) is 10.8. The van der Waals surface area contributed by atoms with E-state index in [1.807, 2.05) is 48.5 Å². The maximum atomic E-state index is 14.2. The molecule has 42 heavy (non-hydrogen) atoms. The van der Waals surface area contributed by atoms with Crippen LogP contribution in [0.1, 0.15) is 95.8 Å². The Kier molecular flexibility index (Phi) is 7.52. The summed E-state index contributed by atoms with van der Waals surface area (Å²) in [5.41, 5.74) is 0.356. The number of benzene rings is 2. The molecule has 4 nitrogen and oxygen atoms in total. The van der Waals surface area contributed by atoms with E-state index in [0.717, 1.165) is 41.1 Å². The Morgan fingerprint density at radius 1 is 0.881 bits per heavy atom. The largest absolute Gasteiger partial charge is 0.384 e. The predicted molar refractivity (Wildman–Crippen MR) is 167 cm³/mol. The molecule has 0 aromatic heterocycles. The van der Waals surface area contributed by atoms with Crippen molar-refractivity contribution in [1.29, 1.82) is 0 Å². The van der Waals surface area contributed by atoms with Crippen molar-refractivity contribution in [3.63, 3.8) is 0 Å². The zero-order chi connectivity index (χ0) is 29.2. The van der Waals surface area contributed by atoms with E-state index < -0.39 is 22.2 Å². The van der Waals surface area contributed by atoms with Gasteiger partial charge >= 0.3 is 0 Å². The molecule has 5 fully saturated rings. The molecule has 0 amide bonds. The number of hydrogen-bond donors (Lipinski definition) is 1. The van der Waals surface area contributed by atoms with E-state index in [-0.39, 0.29) is 10.7 Å². The molecule has 1 aliphatic heterocycles. The van der Waals surface area contributed by atoms with Gasteiger partial charge in [0.2, 0.25) is 0 Å². The molecule has 1 N–H and O–H groups in total. The second-order valence-corrected chi connectivity index (χ2v) is 16.6. The topological polar surface area (TPSA) is 55.8 Å². The number of hydrogen-bond acceptors (Lipinski definition) is 4. The fourth-order valence-corrected chi connectivity index (χ4v) is 12.8. The van der Waals surface area contributed by atoms with Crippen LogP contribution in [-0.2, 0) is 20.3 Å². The van der Waals surface area contributed by atoms with Crippen LogP contribution in [0.3, 0.4) is 0 Å². The van der Waals surface area contributed by atoms with Crippen LogP contribution >= 0.6 is 0 Å². The van der Waals surface area contributed by atoms with E-state index >= 15 is 0 Å². The Morgan fingerprint density at radius 2 is 1.55 bits per heavy atom. The van der Waals surface area contributed by atoms with Gasteiger partial charge in [0, 0.05) is 17.7 Å². The Balaban J connectivity index is 1.22. The summed E-state index contributed by atoms with van der Waals surface area (Å²) < 4.78 is 27.4. The van der Waals surface area contributed by atoms with Crippen molar-refractivity contribution < 1.29 is 18.8 Å². The Labute approximate surface area is 255 Å². The molecule has 3 unspecified atom stereocenters. The van der Waals surface area contributed by atoms with E-state index in [1.54, 1.807) is 0 Å². The molecular weight excluding hydrogens is 540 g/mol. The Morgan fingerprint density at radius 3 is 2.24 bits per heavy atom. The van der Waals surface area contributed by atoms with Crippen LogP contribution in [0.4, 0.5) is 0 Å². The van der Waals surface area contributed by atoms with Crippen LogP contribution in [0.25, 0.3) is 0 Å². The minimum Gasteiger partial charge on any atom is -0.384 e. The van der Waals surface area contributed by atoms with E-state index in [4.69, 9.17) is 9.47 Å². The molecule has 2 aromatic carbocycles. The van der Waals surface area contributed by atoms with Gasteiger partial charge in [-0.3, -0.25) is 4.21 Å². The lowest BCUT2D eigenvalue weighted by Gasteiger charge is -2.65. The monoisotopic (exact) mass is 590 g/mol. The molecule has 4 aliphatic carbocycles. The molecular formula is C37H50O4S. The molecule has 228 valence electrons. The predicted octanol–water partition coefficient (Wildman–Crippen LogP) is 8.08. The third-order valence-corrected chi connectivity index (χ3v) is 15.0. The van der Waals surface area contributed by atoms with Crippen LogP contribution in [-0.4, -0.2) is 33.9 Å². The minimum atomic E-state index is -1.33. The first-order valence-corrected chi connectivity index (χ1v) is 18.0. The molecule has 1 saturated heterocycles. The molecule has 4 saturated carbocycles. The Bertz CT molecular complexity index is 1280. The average molecular weight is 591 g/mol. The maximum Gasteiger partial charge on any atom is 0.198 e. The molecule has 10 atom stereocenters. The number of rotatable bonds is 6. The molecule has 0 bridgehead atoms. The van der Waals surface area contributed by atoms with Gasteiger partial charge in [0.25, 0.3) is 0 Å². The van der Waals surface area contributed by atoms with Crippen LogP contribution in [0.2, 0.25) is 0 Å². The van der Waals surface area contributed by atoms with Gasteiger partial charge in [0.05, 0.1) is 29.3 Å². The highest BCUT2D eigenvalue weighted by atomic mass is 32.2. The first kappa shape index (κ1) is 29.2. The van der Waals surface area contributed by atoms with E-state index in [9.17, 15) is 9.32 Å². The van der Waals surface area contributed by atoms with E-state index in [0.29, 0.717) is 43.3 Å². The smallest absolute Gasteiger partial charge is 0.198 e. The molecule has 1 spiro atoms. The standard InChI is InChI=1S/C37H50O4S/c1-4-27-16-18-31-30-17-15-28-23-36(38,24-33(26-11-7-5-8-12-26)42(39)29-13-9-6-10-14-29)37(40-21-22-41-37)25-35(28,3)32(30)19-20-34(27,31)2/h5-14,27-28,30-33,38H,4,15-25H2,1-3H3/t27-,28?,30-,31-,32-,33?,34+,35-,36+,42?/m0/s1. The number of fused-ring (bicyclic) bond motifs is 5. The lowest BCUT2D eigenvalue weighted by atomic mass is 9.43. The third-order valence-electron chi connectivity index (χ3n) is 13.3. The highest BCUT2D eigenvalue weighted by Gasteiger charge is 2.69. The SMILES string of the molecule is CC[C@H]1CC[C@H]2[C@@H]3CCC4C[C@@](O)(CC(c5ccccc5)S(=O)c5ccccc5)C5(C[C@]4(C)[C@H]3CC[C@]12C)OCCO5. The van der Waals surface area contributed by atoms with Crippen molar-refractivity contribution in [2.75, 3.05) is 13.2 Å². The number of aliphatic hydroxyl groups is 1. The fourth-order valence-electron chi connectivity index (χ4n) is 11.2. The van der Waals surface area contributed by atoms with Gasteiger partial charge in [0.1, 0.15) is 5.60 Å². The summed E-state index contributed by atoms with van der Waals surface area (Å²) in [5.74, 6) is 2.50. The lowest BCUT2D eigenvalue weighted by molar-refractivity contribution is -0.328. The van der Waals surface area contributed by atoms with Gasteiger partial charge in [0.15, 0.2) is 5.79 Å². The lowest BCUT2D eigenvalue weighted by Crippen LogP contribution is -2.67. The van der Waals surface area contributed by atoms with E-state index in [1.165, 1.54) is 38.5 Å². The molecule has 5 aliphatic rings. The van der Waals surface area contributed by atoms with Gasteiger partial charge in [-0.05, 0) is 103 Å². The quantitative estimate of drug-likeness (QED) is 0.370. The van der Waals surface area contributed by atoms with Gasteiger partial charge < -0.3 is 14.6 Å². The molecule has 5 heteroatoms. The first-order chi connectivity index (χ1) is 20.2. The molecule has 2 aromatic rings. The van der Waals surface area contributed by atoms with Crippen LogP contribution in [0.15, 0.2) is 65.6 Å². The van der Waals surface area contributed by atoms with Crippen LogP contribution in [0, 0.1) is 40.4 Å².